The van der Waals surface area contributed by atoms with E-state index in [-0.39, 0.29) is 10.4 Å². The summed E-state index contributed by atoms with van der Waals surface area (Å²) in [5, 5.41) is 3.93. The van der Waals surface area contributed by atoms with E-state index in [1.807, 2.05) is 12.1 Å². The van der Waals surface area contributed by atoms with Gasteiger partial charge in [0.1, 0.15) is 4.90 Å². The van der Waals surface area contributed by atoms with Crippen molar-refractivity contribution < 1.29 is 8.42 Å². The summed E-state index contributed by atoms with van der Waals surface area (Å²) in [6, 6.07) is 8.11. The largest absolute Gasteiger partial charge is 0.274 e. The smallest absolute Gasteiger partial charge is 0.244 e. The van der Waals surface area contributed by atoms with Gasteiger partial charge in [0, 0.05) is 18.8 Å². The Morgan fingerprint density at radius 2 is 2.05 bits per heavy atom. The molecule has 1 aromatic carbocycles. The van der Waals surface area contributed by atoms with E-state index < -0.39 is 10.0 Å². The first-order chi connectivity index (χ1) is 9.90. The van der Waals surface area contributed by atoms with Crippen LogP contribution in [0.15, 0.2) is 41.6 Å². The summed E-state index contributed by atoms with van der Waals surface area (Å²) in [6.07, 6.45) is 5.39. The van der Waals surface area contributed by atoms with Gasteiger partial charge in [-0.2, -0.15) is 5.10 Å². The molecule has 1 heterocycles. The van der Waals surface area contributed by atoms with Gasteiger partial charge < -0.3 is 0 Å². The average molecular weight is 305 g/mol. The van der Waals surface area contributed by atoms with Crippen LogP contribution in [-0.4, -0.2) is 23.7 Å². The fourth-order valence-electron chi connectivity index (χ4n) is 2.52. The van der Waals surface area contributed by atoms with E-state index in [1.54, 1.807) is 7.05 Å². The molecule has 0 radical (unpaired) electrons. The summed E-state index contributed by atoms with van der Waals surface area (Å²) in [4.78, 5) is 0.223. The van der Waals surface area contributed by atoms with Crippen LogP contribution in [0, 0.1) is 6.92 Å². The minimum absolute atomic E-state index is 0.223. The van der Waals surface area contributed by atoms with E-state index in [2.05, 4.69) is 28.9 Å². The molecule has 1 aromatic heterocycles. The third kappa shape index (κ3) is 3.01. The Hall–Kier alpha value is -1.66. The fourth-order valence-corrected chi connectivity index (χ4v) is 3.96. The number of aromatic nitrogens is 2. The third-order valence-corrected chi connectivity index (χ3v) is 5.52. The fraction of sp³-hybridized carbons (Fsp3) is 0.400. The first-order valence-corrected chi connectivity index (χ1v) is 8.46. The highest BCUT2D eigenvalue weighted by Crippen LogP contribution is 2.40. The average Bonchev–Trinajstić information content (AvgIpc) is 2.99. The Morgan fingerprint density at radius 1 is 1.33 bits per heavy atom. The molecule has 112 valence electrons. The van der Waals surface area contributed by atoms with Crippen LogP contribution in [0.3, 0.4) is 0 Å². The number of aryl methyl sites for hydroxylation is 2. The normalized spacial score (nSPS) is 16.9. The molecule has 6 heteroatoms. The maximum Gasteiger partial charge on any atom is 0.244 e. The Balaban J connectivity index is 1.80. The Morgan fingerprint density at radius 3 is 2.62 bits per heavy atom. The predicted octanol–water partition coefficient (Wildman–Crippen LogP) is 1.78. The minimum Gasteiger partial charge on any atom is -0.274 e. The predicted molar refractivity (Wildman–Crippen MR) is 80.4 cm³/mol. The molecular formula is C15H19N3O2S. The lowest BCUT2D eigenvalue weighted by Gasteiger charge is -2.18. The number of hydrogen-bond donors (Lipinski definition) is 1. The maximum absolute atomic E-state index is 12.4. The van der Waals surface area contributed by atoms with Crippen LogP contribution in [0.4, 0.5) is 0 Å². The van der Waals surface area contributed by atoms with Crippen molar-refractivity contribution in [2.75, 3.05) is 0 Å². The molecule has 2 aromatic rings. The highest BCUT2D eigenvalue weighted by Gasteiger charge is 2.46. The van der Waals surface area contributed by atoms with Crippen molar-refractivity contribution in [3.8, 4) is 0 Å². The SMILES string of the molecule is Cc1ccccc1CC1(NS(=O)(=O)c2cnn(C)c2)CC1. The number of nitrogens with one attached hydrogen (secondary N) is 1. The highest BCUT2D eigenvalue weighted by atomic mass is 32.2. The molecule has 0 aliphatic heterocycles. The van der Waals surface area contributed by atoms with Crippen molar-refractivity contribution in [2.45, 2.75) is 36.6 Å². The van der Waals surface area contributed by atoms with E-state index in [4.69, 9.17) is 0 Å². The molecular weight excluding hydrogens is 286 g/mol. The summed E-state index contributed by atoms with van der Waals surface area (Å²) in [5.74, 6) is 0. The van der Waals surface area contributed by atoms with Gasteiger partial charge in [-0.05, 0) is 37.3 Å². The Bertz CT molecular complexity index is 761. The summed E-state index contributed by atoms with van der Waals surface area (Å²) in [6.45, 7) is 2.06. The van der Waals surface area contributed by atoms with Crippen molar-refractivity contribution in [1.82, 2.24) is 14.5 Å². The molecule has 1 fully saturated rings. The number of sulfonamides is 1. The summed E-state index contributed by atoms with van der Waals surface area (Å²) in [5.41, 5.74) is 2.06. The van der Waals surface area contributed by atoms with E-state index >= 15 is 0 Å². The monoisotopic (exact) mass is 305 g/mol. The molecule has 0 unspecified atom stereocenters. The lowest BCUT2D eigenvalue weighted by atomic mass is 10.0. The molecule has 21 heavy (non-hydrogen) atoms. The number of hydrogen-bond acceptors (Lipinski definition) is 3. The zero-order chi connectivity index (χ0) is 15.1. The first kappa shape index (κ1) is 14.3. The van der Waals surface area contributed by atoms with E-state index in [0.29, 0.717) is 0 Å². The van der Waals surface area contributed by atoms with Crippen molar-refractivity contribution in [3.05, 3.63) is 47.8 Å². The van der Waals surface area contributed by atoms with Crippen molar-refractivity contribution in [3.63, 3.8) is 0 Å². The second kappa shape index (κ2) is 4.96. The van der Waals surface area contributed by atoms with Gasteiger partial charge in [-0.15, -0.1) is 0 Å². The van der Waals surface area contributed by atoms with Gasteiger partial charge in [0.2, 0.25) is 10.0 Å². The van der Waals surface area contributed by atoms with E-state index in [1.165, 1.54) is 28.2 Å². The molecule has 1 N–H and O–H groups in total. The summed E-state index contributed by atoms with van der Waals surface area (Å²) >= 11 is 0. The number of benzene rings is 1. The zero-order valence-corrected chi connectivity index (χ0v) is 13.0. The van der Waals surface area contributed by atoms with Crippen molar-refractivity contribution in [2.24, 2.45) is 7.05 Å². The molecule has 1 saturated carbocycles. The van der Waals surface area contributed by atoms with Gasteiger partial charge in [-0.1, -0.05) is 24.3 Å². The lowest BCUT2D eigenvalue weighted by molar-refractivity contribution is 0.538. The number of rotatable bonds is 5. The van der Waals surface area contributed by atoms with Crippen LogP contribution >= 0.6 is 0 Å². The molecule has 3 rings (SSSR count). The van der Waals surface area contributed by atoms with Crippen LogP contribution in [-0.2, 0) is 23.5 Å². The van der Waals surface area contributed by atoms with Crippen molar-refractivity contribution in [1.29, 1.82) is 0 Å². The lowest BCUT2D eigenvalue weighted by Crippen LogP contribution is -2.38. The van der Waals surface area contributed by atoms with E-state index in [9.17, 15) is 8.42 Å². The van der Waals surface area contributed by atoms with Gasteiger partial charge >= 0.3 is 0 Å². The Labute approximate surface area is 125 Å². The standard InChI is InChI=1S/C15H19N3O2S/c1-12-5-3-4-6-13(12)9-15(7-8-15)17-21(19,20)14-10-16-18(2)11-14/h3-6,10-11,17H,7-9H2,1-2H3. The molecule has 1 aliphatic carbocycles. The summed E-state index contributed by atoms with van der Waals surface area (Å²) in [7, 11) is -1.79. The molecule has 0 atom stereocenters. The van der Waals surface area contributed by atoms with Gasteiger partial charge in [-0.25, -0.2) is 13.1 Å². The first-order valence-electron chi connectivity index (χ1n) is 6.97. The van der Waals surface area contributed by atoms with Crippen LogP contribution in [0.2, 0.25) is 0 Å². The second-order valence-electron chi connectivity index (χ2n) is 5.84. The summed E-state index contributed by atoms with van der Waals surface area (Å²) < 4.78 is 29.2. The third-order valence-electron chi connectivity index (χ3n) is 3.99. The zero-order valence-electron chi connectivity index (χ0n) is 12.2. The van der Waals surface area contributed by atoms with Crippen LogP contribution < -0.4 is 4.72 Å². The molecule has 5 nitrogen and oxygen atoms in total. The molecule has 0 bridgehead atoms. The second-order valence-corrected chi connectivity index (χ2v) is 7.52. The van der Waals surface area contributed by atoms with Gasteiger partial charge in [-0.3, -0.25) is 4.68 Å². The van der Waals surface area contributed by atoms with Gasteiger partial charge in [0.25, 0.3) is 0 Å². The molecule has 1 aliphatic rings. The van der Waals surface area contributed by atoms with Crippen molar-refractivity contribution >= 4 is 10.0 Å². The maximum atomic E-state index is 12.4. The quantitative estimate of drug-likeness (QED) is 0.916. The van der Waals surface area contributed by atoms with Gasteiger partial charge in [0.15, 0.2) is 0 Å². The topological polar surface area (TPSA) is 64.0 Å². The highest BCUT2D eigenvalue weighted by molar-refractivity contribution is 7.89. The molecule has 0 saturated heterocycles. The number of nitrogens with zero attached hydrogens (tertiary/aromatic N) is 2. The van der Waals surface area contributed by atoms with Crippen LogP contribution in [0.25, 0.3) is 0 Å². The minimum atomic E-state index is -3.50. The van der Waals surface area contributed by atoms with Gasteiger partial charge in [0.05, 0.1) is 6.20 Å². The van der Waals surface area contributed by atoms with E-state index in [0.717, 1.165) is 19.3 Å². The molecule has 0 spiro atoms. The van der Waals surface area contributed by atoms with Crippen LogP contribution in [0.5, 0.6) is 0 Å². The Kier molecular flexibility index (Phi) is 3.37. The molecule has 0 amide bonds. The van der Waals surface area contributed by atoms with Crippen LogP contribution in [0.1, 0.15) is 24.0 Å².